The molecule has 0 aromatic heterocycles. The second-order valence-electron chi connectivity index (χ2n) is 3.21. The summed E-state index contributed by atoms with van der Waals surface area (Å²) in [6.45, 7) is 8.75. The van der Waals surface area contributed by atoms with Gasteiger partial charge in [0.2, 0.25) is 0 Å². The van der Waals surface area contributed by atoms with E-state index in [9.17, 15) is 0 Å². The van der Waals surface area contributed by atoms with E-state index in [4.69, 9.17) is 5.11 Å². The molecule has 0 radical (unpaired) electrons. The van der Waals surface area contributed by atoms with Gasteiger partial charge in [0.05, 0.1) is 6.61 Å². The first-order valence-electron chi connectivity index (χ1n) is 4.57. The van der Waals surface area contributed by atoms with Gasteiger partial charge >= 0.3 is 0 Å². The van der Waals surface area contributed by atoms with Crippen LogP contribution in [0.4, 0.5) is 0 Å². The van der Waals surface area contributed by atoms with Crippen LogP contribution < -0.4 is 0 Å². The number of aliphatic hydroxyl groups is 1. The summed E-state index contributed by atoms with van der Waals surface area (Å²) in [5.74, 6) is 0. The van der Waals surface area contributed by atoms with Crippen molar-refractivity contribution in [1.29, 1.82) is 0 Å². The van der Waals surface area contributed by atoms with Crippen molar-refractivity contribution in [2.75, 3.05) is 19.7 Å². The fourth-order valence-electron chi connectivity index (χ4n) is 1.12. The molecule has 0 rings (SSSR count). The van der Waals surface area contributed by atoms with Crippen LogP contribution in [0, 0.1) is 0 Å². The number of unbranched alkanes of at least 4 members (excludes halogenated alkanes) is 1. The minimum Gasteiger partial charge on any atom is -0.395 e. The maximum Gasteiger partial charge on any atom is 0.0558 e. The molecule has 1 N–H and O–H groups in total. The average Bonchev–Trinajstić information content (AvgIpc) is 1.97. The topological polar surface area (TPSA) is 23.5 Å². The Hall–Kier alpha value is -0.0800. The Bertz CT molecular complexity index is 83.6. The third kappa shape index (κ3) is 5.22. The van der Waals surface area contributed by atoms with E-state index in [0.29, 0.717) is 6.04 Å². The number of rotatable bonds is 6. The highest BCUT2D eigenvalue weighted by Gasteiger charge is 2.06. The van der Waals surface area contributed by atoms with Crippen LogP contribution in [0.1, 0.15) is 33.6 Å². The van der Waals surface area contributed by atoms with Crippen molar-refractivity contribution in [2.24, 2.45) is 0 Å². The first-order valence-corrected chi connectivity index (χ1v) is 4.57. The van der Waals surface area contributed by atoms with Crippen LogP contribution in [0.2, 0.25) is 0 Å². The van der Waals surface area contributed by atoms with Gasteiger partial charge < -0.3 is 5.11 Å². The van der Waals surface area contributed by atoms with Crippen molar-refractivity contribution in [3.05, 3.63) is 0 Å². The molecule has 2 nitrogen and oxygen atoms in total. The van der Waals surface area contributed by atoms with Gasteiger partial charge in [0.15, 0.2) is 0 Å². The van der Waals surface area contributed by atoms with Gasteiger partial charge in [-0.05, 0) is 26.8 Å². The van der Waals surface area contributed by atoms with E-state index >= 15 is 0 Å². The molecule has 0 unspecified atom stereocenters. The van der Waals surface area contributed by atoms with Gasteiger partial charge in [0.25, 0.3) is 0 Å². The predicted molar refractivity (Wildman–Crippen MR) is 48.7 cm³/mol. The smallest absolute Gasteiger partial charge is 0.0558 e. The molecule has 0 saturated carbocycles. The molecule has 0 aromatic carbocycles. The molecule has 11 heavy (non-hydrogen) atoms. The monoisotopic (exact) mass is 159 g/mol. The Kier molecular flexibility index (Phi) is 6.57. The van der Waals surface area contributed by atoms with Crippen LogP contribution in [0.15, 0.2) is 0 Å². The molecule has 0 aliphatic rings. The number of hydrogen-bond donors (Lipinski definition) is 1. The Morgan fingerprint density at radius 3 is 2.27 bits per heavy atom. The predicted octanol–water partition coefficient (Wildman–Crippen LogP) is 1.49. The lowest BCUT2D eigenvalue weighted by atomic mass is 10.2. The fraction of sp³-hybridized carbons (Fsp3) is 1.00. The van der Waals surface area contributed by atoms with Gasteiger partial charge in [0.1, 0.15) is 0 Å². The van der Waals surface area contributed by atoms with Crippen LogP contribution >= 0.6 is 0 Å². The SMILES string of the molecule is CCCCN(CCO)C(C)C. The molecule has 0 aliphatic carbocycles. The first kappa shape index (κ1) is 10.9. The van der Waals surface area contributed by atoms with E-state index in [-0.39, 0.29) is 6.61 Å². The van der Waals surface area contributed by atoms with Crippen LogP contribution in [-0.2, 0) is 0 Å². The molecule has 2 heteroatoms. The summed E-state index contributed by atoms with van der Waals surface area (Å²) in [6, 6.07) is 0.564. The maximum atomic E-state index is 8.74. The zero-order valence-corrected chi connectivity index (χ0v) is 8.01. The molecule has 0 amide bonds. The Morgan fingerprint density at radius 2 is 1.91 bits per heavy atom. The quantitative estimate of drug-likeness (QED) is 0.634. The van der Waals surface area contributed by atoms with E-state index in [1.807, 2.05) is 0 Å². The van der Waals surface area contributed by atoms with Gasteiger partial charge in [-0.1, -0.05) is 13.3 Å². The zero-order chi connectivity index (χ0) is 8.69. The van der Waals surface area contributed by atoms with Crippen molar-refractivity contribution in [2.45, 2.75) is 39.7 Å². The molecule has 68 valence electrons. The van der Waals surface area contributed by atoms with Gasteiger partial charge in [-0.15, -0.1) is 0 Å². The largest absolute Gasteiger partial charge is 0.395 e. The second-order valence-corrected chi connectivity index (χ2v) is 3.21. The molecular formula is C9H21NO. The van der Waals surface area contributed by atoms with Crippen molar-refractivity contribution in [1.82, 2.24) is 4.90 Å². The van der Waals surface area contributed by atoms with Gasteiger partial charge in [-0.2, -0.15) is 0 Å². The summed E-state index contributed by atoms with van der Waals surface area (Å²) in [4.78, 5) is 2.31. The molecule has 0 aromatic rings. The third-order valence-electron chi connectivity index (χ3n) is 1.92. The van der Waals surface area contributed by atoms with Gasteiger partial charge in [0, 0.05) is 12.6 Å². The minimum atomic E-state index is 0.280. The summed E-state index contributed by atoms with van der Waals surface area (Å²) >= 11 is 0. The van der Waals surface area contributed by atoms with Crippen LogP contribution in [0.3, 0.4) is 0 Å². The first-order chi connectivity index (χ1) is 5.22. The number of aliphatic hydroxyl groups excluding tert-OH is 1. The molecular weight excluding hydrogens is 138 g/mol. The fourth-order valence-corrected chi connectivity index (χ4v) is 1.12. The lowest BCUT2D eigenvalue weighted by Gasteiger charge is -2.25. The average molecular weight is 159 g/mol. The molecule has 0 bridgehead atoms. The molecule has 0 fully saturated rings. The van der Waals surface area contributed by atoms with Gasteiger partial charge in [-0.3, -0.25) is 4.90 Å². The summed E-state index contributed by atoms with van der Waals surface area (Å²) in [6.07, 6.45) is 2.47. The Morgan fingerprint density at radius 1 is 1.27 bits per heavy atom. The molecule has 0 atom stereocenters. The van der Waals surface area contributed by atoms with Crippen LogP contribution in [-0.4, -0.2) is 35.7 Å². The van der Waals surface area contributed by atoms with Crippen LogP contribution in [0.5, 0.6) is 0 Å². The normalized spacial score (nSPS) is 11.5. The molecule has 0 spiro atoms. The summed E-state index contributed by atoms with van der Waals surface area (Å²) in [5.41, 5.74) is 0. The second kappa shape index (κ2) is 6.62. The van der Waals surface area contributed by atoms with Crippen molar-refractivity contribution >= 4 is 0 Å². The standard InChI is InChI=1S/C9H21NO/c1-4-5-6-10(7-8-11)9(2)3/h9,11H,4-8H2,1-3H3. The molecule has 0 heterocycles. The van der Waals surface area contributed by atoms with Crippen molar-refractivity contribution in [3.63, 3.8) is 0 Å². The Labute approximate surface area is 70.2 Å². The highest BCUT2D eigenvalue weighted by molar-refractivity contribution is 4.61. The van der Waals surface area contributed by atoms with E-state index in [1.165, 1.54) is 12.8 Å². The van der Waals surface area contributed by atoms with E-state index in [1.54, 1.807) is 0 Å². The highest BCUT2D eigenvalue weighted by atomic mass is 16.3. The lowest BCUT2D eigenvalue weighted by molar-refractivity contribution is 0.164. The highest BCUT2D eigenvalue weighted by Crippen LogP contribution is 2.00. The van der Waals surface area contributed by atoms with Crippen molar-refractivity contribution in [3.8, 4) is 0 Å². The van der Waals surface area contributed by atoms with E-state index < -0.39 is 0 Å². The van der Waals surface area contributed by atoms with E-state index in [2.05, 4.69) is 25.7 Å². The summed E-state index contributed by atoms with van der Waals surface area (Å²) < 4.78 is 0. The number of nitrogens with zero attached hydrogens (tertiary/aromatic N) is 1. The Balaban J connectivity index is 3.51. The minimum absolute atomic E-state index is 0.280. The summed E-state index contributed by atoms with van der Waals surface area (Å²) in [7, 11) is 0. The maximum absolute atomic E-state index is 8.74. The third-order valence-corrected chi connectivity index (χ3v) is 1.92. The molecule has 0 saturated heterocycles. The van der Waals surface area contributed by atoms with E-state index in [0.717, 1.165) is 13.1 Å². The lowest BCUT2D eigenvalue weighted by Crippen LogP contribution is -2.34. The van der Waals surface area contributed by atoms with Gasteiger partial charge in [-0.25, -0.2) is 0 Å². The zero-order valence-electron chi connectivity index (χ0n) is 8.01. The van der Waals surface area contributed by atoms with Crippen molar-refractivity contribution < 1.29 is 5.11 Å². The molecule has 0 aliphatic heterocycles. The van der Waals surface area contributed by atoms with Crippen LogP contribution in [0.25, 0.3) is 0 Å². The summed E-state index contributed by atoms with van der Waals surface area (Å²) in [5, 5.41) is 8.74. The number of hydrogen-bond acceptors (Lipinski definition) is 2.